The maximum absolute atomic E-state index is 12.7. The van der Waals surface area contributed by atoms with Gasteiger partial charge in [-0.15, -0.1) is 0 Å². The summed E-state index contributed by atoms with van der Waals surface area (Å²) in [6.45, 7) is 9.17. The van der Waals surface area contributed by atoms with E-state index in [1.807, 2.05) is 49.1 Å². The topological polar surface area (TPSA) is 66.6 Å². The Kier molecular flexibility index (Phi) is 7.84. The molecule has 2 N–H and O–H groups in total. The molecule has 0 saturated carbocycles. The molecule has 5 heteroatoms. The minimum absolute atomic E-state index is 0.0347. The summed E-state index contributed by atoms with van der Waals surface area (Å²) >= 11 is 0. The molecule has 0 radical (unpaired) electrons. The zero-order valence-corrected chi connectivity index (χ0v) is 17.1. The van der Waals surface area contributed by atoms with E-state index in [1.54, 1.807) is 6.92 Å². The molecular formula is C22H35N3O2. The third-order valence-corrected chi connectivity index (χ3v) is 5.91. The zero-order valence-electron chi connectivity index (χ0n) is 17.1. The fourth-order valence-corrected chi connectivity index (χ4v) is 4.18. The fraction of sp³-hybridized carbons (Fsp3) is 0.636. The van der Waals surface area contributed by atoms with E-state index in [0.717, 1.165) is 25.2 Å². The van der Waals surface area contributed by atoms with Gasteiger partial charge >= 0.3 is 0 Å². The van der Waals surface area contributed by atoms with Gasteiger partial charge in [0.1, 0.15) is 0 Å². The van der Waals surface area contributed by atoms with Crippen molar-refractivity contribution in [3.8, 4) is 0 Å². The van der Waals surface area contributed by atoms with Crippen molar-refractivity contribution >= 4 is 11.8 Å². The quantitative estimate of drug-likeness (QED) is 0.724. The predicted octanol–water partition coefficient (Wildman–Crippen LogP) is 2.93. The minimum atomic E-state index is -0.749. The number of carbonyl (C=O) groups is 2. The molecule has 2 rings (SSSR count). The van der Waals surface area contributed by atoms with Gasteiger partial charge in [0.15, 0.2) is 0 Å². The van der Waals surface area contributed by atoms with Gasteiger partial charge in [-0.3, -0.25) is 9.59 Å². The number of rotatable bonds is 9. The van der Waals surface area contributed by atoms with Crippen LogP contribution < -0.4 is 5.73 Å². The van der Waals surface area contributed by atoms with E-state index in [9.17, 15) is 9.59 Å². The first-order valence-electron chi connectivity index (χ1n) is 10.2. The molecule has 1 fully saturated rings. The summed E-state index contributed by atoms with van der Waals surface area (Å²) in [5.41, 5.74) is 6.21. The van der Waals surface area contributed by atoms with Crippen molar-refractivity contribution in [3.05, 3.63) is 35.9 Å². The van der Waals surface area contributed by atoms with Crippen LogP contribution in [0.5, 0.6) is 0 Å². The van der Waals surface area contributed by atoms with Gasteiger partial charge in [-0.2, -0.15) is 0 Å². The molecule has 0 bridgehead atoms. The number of hydrogen-bond acceptors (Lipinski definition) is 3. The van der Waals surface area contributed by atoms with E-state index >= 15 is 0 Å². The third-order valence-electron chi connectivity index (χ3n) is 5.91. The molecule has 1 aromatic carbocycles. The summed E-state index contributed by atoms with van der Waals surface area (Å²) in [6.07, 6.45) is 4.98. The summed E-state index contributed by atoms with van der Waals surface area (Å²) in [5, 5.41) is 0. The summed E-state index contributed by atoms with van der Waals surface area (Å²) in [6, 6.07) is 9.96. The molecule has 1 aliphatic rings. The Morgan fingerprint density at radius 2 is 1.74 bits per heavy atom. The van der Waals surface area contributed by atoms with Crippen molar-refractivity contribution in [3.63, 3.8) is 0 Å². The average Bonchev–Trinajstić information content (AvgIpc) is 2.65. The lowest BCUT2D eigenvalue weighted by molar-refractivity contribution is -0.132. The van der Waals surface area contributed by atoms with Gasteiger partial charge in [0, 0.05) is 19.5 Å². The minimum Gasteiger partial charge on any atom is -0.369 e. The highest BCUT2D eigenvalue weighted by molar-refractivity contribution is 5.87. The monoisotopic (exact) mass is 373 g/mol. The lowest BCUT2D eigenvalue weighted by atomic mass is 9.73. The number of likely N-dealkylation sites (tertiary alicyclic amines) is 1. The number of amides is 2. The Balaban J connectivity index is 2.24. The number of primary amides is 1. The van der Waals surface area contributed by atoms with Crippen LogP contribution in [0.3, 0.4) is 0 Å². The second kappa shape index (κ2) is 9.88. The zero-order chi connectivity index (χ0) is 19.9. The first kappa shape index (κ1) is 21.4. The van der Waals surface area contributed by atoms with Crippen molar-refractivity contribution < 1.29 is 9.59 Å². The third kappa shape index (κ3) is 5.55. The molecule has 1 saturated heterocycles. The van der Waals surface area contributed by atoms with Gasteiger partial charge in [0.25, 0.3) is 0 Å². The molecule has 1 atom stereocenters. The molecule has 150 valence electrons. The Labute approximate surface area is 163 Å². The number of hydrogen-bond donors (Lipinski definition) is 1. The van der Waals surface area contributed by atoms with Crippen LogP contribution in [0.25, 0.3) is 0 Å². The average molecular weight is 374 g/mol. The molecule has 27 heavy (non-hydrogen) atoms. The Morgan fingerprint density at radius 1 is 1.11 bits per heavy atom. The molecule has 0 unspecified atom stereocenters. The van der Waals surface area contributed by atoms with Gasteiger partial charge in [0.05, 0.1) is 5.41 Å². The molecule has 1 heterocycles. The van der Waals surface area contributed by atoms with E-state index in [0.29, 0.717) is 19.4 Å². The van der Waals surface area contributed by atoms with Crippen LogP contribution >= 0.6 is 0 Å². The number of benzene rings is 1. The van der Waals surface area contributed by atoms with Gasteiger partial charge in [-0.1, -0.05) is 36.8 Å². The summed E-state index contributed by atoms with van der Waals surface area (Å²) in [4.78, 5) is 29.0. The molecule has 1 aliphatic heterocycles. The normalized spacial score (nSPS) is 17.5. The number of carbonyl (C=O) groups excluding carboxylic acids is 2. The van der Waals surface area contributed by atoms with Crippen LogP contribution in [0.2, 0.25) is 0 Å². The number of nitrogens with two attached hydrogens (primary N) is 1. The van der Waals surface area contributed by atoms with Crippen LogP contribution in [-0.4, -0.2) is 53.8 Å². The largest absolute Gasteiger partial charge is 0.369 e. The second-order valence-corrected chi connectivity index (χ2v) is 8.02. The molecule has 0 aromatic heterocycles. The number of piperidine rings is 1. The van der Waals surface area contributed by atoms with Crippen molar-refractivity contribution in [1.82, 2.24) is 9.80 Å². The Morgan fingerprint density at radius 3 is 2.26 bits per heavy atom. The van der Waals surface area contributed by atoms with Gasteiger partial charge in [0.2, 0.25) is 11.8 Å². The van der Waals surface area contributed by atoms with Gasteiger partial charge < -0.3 is 15.5 Å². The van der Waals surface area contributed by atoms with Crippen molar-refractivity contribution in [2.75, 3.05) is 26.2 Å². The summed E-state index contributed by atoms with van der Waals surface area (Å²) in [5.74, 6) is -0.259. The maximum atomic E-state index is 12.7. The predicted molar refractivity (Wildman–Crippen MR) is 109 cm³/mol. The lowest BCUT2D eigenvalue weighted by Crippen LogP contribution is -2.48. The van der Waals surface area contributed by atoms with Crippen LogP contribution in [0, 0.1) is 0 Å². The van der Waals surface area contributed by atoms with Gasteiger partial charge in [-0.25, -0.2) is 0 Å². The van der Waals surface area contributed by atoms with E-state index in [-0.39, 0.29) is 17.9 Å². The first-order valence-corrected chi connectivity index (χ1v) is 10.2. The maximum Gasteiger partial charge on any atom is 0.228 e. The second-order valence-electron chi connectivity index (χ2n) is 8.02. The standard InChI is InChI=1S/C22H35N3O2/c1-18(2)25(19(3)26)17-13-22(21(23)27,20-10-6-4-7-11-20)12-16-24-14-8-5-9-15-24/h4,6-7,10-11,18H,5,8-9,12-17H2,1-3H3,(H2,23,27)/t22-/m0/s1. The smallest absolute Gasteiger partial charge is 0.228 e. The molecular weight excluding hydrogens is 338 g/mol. The van der Waals surface area contributed by atoms with Crippen molar-refractivity contribution in [1.29, 1.82) is 0 Å². The molecule has 5 nitrogen and oxygen atoms in total. The summed E-state index contributed by atoms with van der Waals surface area (Å²) < 4.78 is 0. The highest BCUT2D eigenvalue weighted by atomic mass is 16.2. The SMILES string of the molecule is CC(=O)N(CC[C@](CCN1CCCCC1)(C(N)=O)c1ccccc1)C(C)C. The summed E-state index contributed by atoms with van der Waals surface area (Å²) in [7, 11) is 0. The Hall–Kier alpha value is -1.88. The fourth-order valence-electron chi connectivity index (χ4n) is 4.18. The molecule has 2 amide bonds. The highest BCUT2D eigenvalue weighted by Gasteiger charge is 2.39. The van der Waals surface area contributed by atoms with Crippen molar-refractivity contribution in [2.45, 2.75) is 64.3 Å². The van der Waals surface area contributed by atoms with Crippen LogP contribution in [-0.2, 0) is 15.0 Å². The van der Waals surface area contributed by atoms with E-state index in [1.165, 1.54) is 19.3 Å². The molecule has 0 spiro atoms. The molecule has 0 aliphatic carbocycles. The first-order chi connectivity index (χ1) is 12.9. The van der Waals surface area contributed by atoms with Crippen molar-refractivity contribution in [2.24, 2.45) is 5.73 Å². The van der Waals surface area contributed by atoms with Gasteiger partial charge in [-0.05, 0) is 64.7 Å². The highest BCUT2D eigenvalue weighted by Crippen LogP contribution is 2.33. The Bertz CT molecular complexity index is 611. The van der Waals surface area contributed by atoms with Crippen LogP contribution in [0.15, 0.2) is 30.3 Å². The van der Waals surface area contributed by atoms with E-state index in [2.05, 4.69) is 4.90 Å². The lowest BCUT2D eigenvalue weighted by Gasteiger charge is -2.37. The van der Waals surface area contributed by atoms with E-state index < -0.39 is 5.41 Å². The number of nitrogens with zero attached hydrogens (tertiary/aromatic N) is 2. The van der Waals surface area contributed by atoms with Crippen LogP contribution in [0.1, 0.15) is 58.4 Å². The van der Waals surface area contributed by atoms with Crippen LogP contribution in [0.4, 0.5) is 0 Å². The van der Waals surface area contributed by atoms with E-state index in [4.69, 9.17) is 5.73 Å². The molecule has 1 aromatic rings.